The Balaban J connectivity index is 1.94. The highest BCUT2D eigenvalue weighted by Gasteiger charge is 2.26. The lowest BCUT2D eigenvalue weighted by molar-refractivity contribution is 0.0277. The van der Waals surface area contributed by atoms with Crippen molar-refractivity contribution in [3.05, 3.63) is 35.4 Å². The van der Waals surface area contributed by atoms with Crippen LogP contribution >= 0.6 is 0 Å². The van der Waals surface area contributed by atoms with E-state index in [1.165, 1.54) is 17.5 Å². The number of rotatable bonds is 6. The Labute approximate surface area is 116 Å². The maximum absolute atomic E-state index is 5.60. The minimum absolute atomic E-state index is 0.133. The Morgan fingerprint density at radius 1 is 1.26 bits per heavy atom. The molecule has 1 aliphatic rings. The molecule has 1 aromatic carbocycles. The third-order valence-electron chi connectivity index (χ3n) is 3.91. The summed E-state index contributed by atoms with van der Waals surface area (Å²) in [6.45, 7) is 5.96. The van der Waals surface area contributed by atoms with Gasteiger partial charge in [0.1, 0.15) is 0 Å². The van der Waals surface area contributed by atoms with Gasteiger partial charge in [-0.3, -0.25) is 0 Å². The molecule has 0 spiro atoms. The van der Waals surface area contributed by atoms with E-state index < -0.39 is 0 Å². The normalized spacial score (nSPS) is 23.5. The topological polar surface area (TPSA) is 33.3 Å². The third-order valence-corrected chi connectivity index (χ3v) is 3.91. The largest absolute Gasteiger partial charge is 0.380 e. The van der Waals surface area contributed by atoms with Gasteiger partial charge in [-0.1, -0.05) is 24.3 Å². The van der Waals surface area contributed by atoms with Crippen LogP contribution in [0, 0.1) is 0 Å². The lowest BCUT2D eigenvalue weighted by Crippen LogP contribution is -2.48. The van der Waals surface area contributed by atoms with Crippen LogP contribution in [0.1, 0.15) is 30.9 Å². The van der Waals surface area contributed by atoms with Gasteiger partial charge in [0.05, 0.1) is 6.61 Å². The van der Waals surface area contributed by atoms with Crippen molar-refractivity contribution in [3.8, 4) is 0 Å². The molecule has 1 saturated heterocycles. The third kappa shape index (κ3) is 4.30. The van der Waals surface area contributed by atoms with Crippen LogP contribution in [0.2, 0.25) is 0 Å². The average Bonchev–Trinajstić information content (AvgIpc) is 2.45. The Morgan fingerprint density at radius 3 is 2.74 bits per heavy atom. The van der Waals surface area contributed by atoms with E-state index >= 15 is 0 Å². The summed E-state index contributed by atoms with van der Waals surface area (Å²) in [5.41, 5.74) is 2.98. The highest BCUT2D eigenvalue weighted by Crippen LogP contribution is 2.19. The molecular formula is C16H26N2O. The first-order valence-corrected chi connectivity index (χ1v) is 7.28. The lowest BCUT2D eigenvalue weighted by Gasteiger charge is -2.34. The zero-order valence-electron chi connectivity index (χ0n) is 12.2. The second kappa shape index (κ2) is 7.04. The SMILES string of the molecule is CNCCc1ccccc1CNC1(C)CCCOC1. The molecule has 1 fully saturated rings. The molecule has 0 radical (unpaired) electrons. The van der Waals surface area contributed by atoms with E-state index in [1.807, 2.05) is 7.05 Å². The zero-order valence-corrected chi connectivity index (χ0v) is 12.2. The summed E-state index contributed by atoms with van der Waals surface area (Å²) >= 11 is 0. The minimum atomic E-state index is 0.133. The van der Waals surface area contributed by atoms with Crippen LogP contribution in [0.15, 0.2) is 24.3 Å². The van der Waals surface area contributed by atoms with E-state index in [4.69, 9.17) is 4.74 Å². The Bertz CT molecular complexity index is 386. The van der Waals surface area contributed by atoms with E-state index in [0.717, 1.165) is 39.1 Å². The molecule has 0 bridgehead atoms. The first kappa shape index (κ1) is 14.5. The molecule has 0 saturated carbocycles. The Kier molecular flexibility index (Phi) is 5.37. The molecule has 1 atom stereocenters. The molecule has 1 aliphatic heterocycles. The second-order valence-corrected chi connectivity index (χ2v) is 5.69. The van der Waals surface area contributed by atoms with Crippen LogP contribution in [0.4, 0.5) is 0 Å². The molecule has 1 heterocycles. The summed E-state index contributed by atoms with van der Waals surface area (Å²) in [5, 5.41) is 6.90. The fraction of sp³-hybridized carbons (Fsp3) is 0.625. The Morgan fingerprint density at radius 2 is 2.05 bits per heavy atom. The molecule has 0 aromatic heterocycles. The number of hydrogen-bond donors (Lipinski definition) is 2. The fourth-order valence-corrected chi connectivity index (χ4v) is 2.62. The summed E-state index contributed by atoms with van der Waals surface area (Å²) < 4.78 is 5.60. The zero-order chi connectivity index (χ0) is 13.6. The number of likely N-dealkylation sites (N-methyl/N-ethyl adjacent to an activating group) is 1. The van der Waals surface area contributed by atoms with Crippen molar-refractivity contribution in [3.63, 3.8) is 0 Å². The van der Waals surface area contributed by atoms with Crippen molar-refractivity contribution in [1.29, 1.82) is 0 Å². The lowest BCUT2D eigenvalue weighted by atomic mass is 9.94. The molecule has 2 rings (SSSR count). The predicted octanol–water partition coefficient (Wildman–Crippen LogP) is 2.11. The molecule has 0 aliphatic carbocycles. The summed E-state index contributed by atoms with van der Waals surface area (Å²) in [4.78, 5) is 0. The van der Waals surface area contributed by atoms with Crippen molar-refractivity contribution in [2.24, 2.45) is 0 Å². The van der Waals surface area contributed by atoms with Gasteiger partial charge < -0.3 is 15.4 Å². The van der Waals surface area contributed by atoms with Crippen LogP contribution in [0.5, 0.6) is 0 Å². The van der Waals surface area contributed by atoms with Crippen molar-refractivity contribution in [1.82, 2.24) is 10.6 Å². The van der Waals surface area contributed by atoms with Crippen molar-refractivity contribution in [2.45, 2.75) is 38.3 Å². The van der Waals surface area contributed by atoms with Crippen LogP contribution in [-0.2, 0) is 17.7 Å². The van der Waals surface area contributed by atoms with Crippen LogP contribution in [0.25, 0.3) is 0 Å². The monoisotopic (exact) mass is 262 g/mol. The molecule has 1 unspecified atom stereocenters. The van der Waals surface area contributed by atoms with E-state index in [1.54, 1.807) is 0 Å². The molecule has 3 nitrogen and oxygen atoms in total. The molecule has 0 amide bonds. The van der Waals surface area contributed by atoms with E-state index in [0.29, 0.717) is 0 Å². The Hall–Kier alpha value is -0.900. The molecular weight excluding hydrogens is 236 g/mol. The molecule has 1 aromatic rings. The van der Waals surface area contributed by atoms with Gasteiger partial charge in [-0.15, -0.1) is 0 Å². The summed E-state index contributed by atoms with van der Waals surface area (Å²) in [6.07, 6.45) is 3.44. The molecule has 2 N–H and O–H groups in total. The van der Waals surface area contributed by atoms with Gasteiger partial charge in [-0.05, 0) is 50.9 Å². The van der Waals surface area contributed by atoms with Gasteiger partial charge >= 0.3 is 0 Å². The quantitative estimate of drug-likeness (QED) is 0.824. The maximum Gasteiger partial charge on any atom is 0.0645 e. The van der Waals surface area contributed by atoms with Gasteiger partial charge in [0.15, 0.2) is 0 Å². The molecule has 19 heavy (non-hydrogen) atoms. The highest BCUT2D eigenvalue weighted by atomic mass is 16.5. The van der Waals surface area contributed by atoms with E-state index in [-0.39, 0.29) is 5.54 Å². The van der Waals surface area contributed by atoms with Crippen molar-refractivity contribution >= 4 is 0 Å². The first-order chi connectivity index (χ1) is 9.23. The van der Waals surface area contributed by atoms with E-state index in [2.05, 4.69) is 41.8 Å². The molecule has 3 heteroatoms. The number of nitrogens with one attached hydrogen (secondary N) is 2. The van der Waals surface area contributed by atoms with Crippen LogP contribution in [0.3, 0.4) is 0 Å². The predicted molar refractivity (Wildman–Crippen MR) is 79.4 cm³/mol. The van der Waals surface area contributed by atoms with Gasteiger partial charge in [-0.25, -0.2) is 0 Å². The highest BCUT2D eigenvalue weighted by molar-refractivity contribution is 5.27. The average molecular weight is 262 g/mol. The van der Waals surface area contributed by atoms with Crippen molar-refractivity contribution < 1.29 is 4.74 Å². The standard InChI is InChI=1S/C16H26N2O/c1-16(9-5-11-19-13-16)18-12-15-7-4-3-6-14(15)8-10-17-2/h3-4,6-7,17-18H,5,8-13H2,1-2H3. The number of benzene rings is 1. The molecule has 106 valence electrons. The van der Waals surface area contributed by atoms with Crippen LogP contribution in [-0.4, -0.2) is 32.3 Å². The smallest absolute Gasteiger partial charge is 0.0645 e. The number of hydrogen-bond acceptors (Lipinski definition) is 3. The summed E-state index contributed by atoms with van der Waals surface area (Å²) in [6, 6.07) is 8.71. The van der Waals surface area contributed by atoms with E-state index in [9.17, 15) is 0 Å². The second-order valence-electron chi connectivity index (χ2n) is 5.69. The summed E-state index contributed by atoms with van der Waals surface area (Å²) in [5.74, 6) is 0. The number of ether oxygens (including phenoxy) is 1. The fourth-order valence-electron chi connectivity index (χ4n) is 2.62. The van der Waals surface area contributed by atoms with Gasteiger partial charge in [0.2, 0.25) is 0 Å². The minimum Gasteiger partial charge on any atom is -0.380 e. The summed E-state index contributed by atoms with van der Waals surface area (Å²) in [7, 11) is 2.00. The van der Waals surface area contributed by atoms with Gasteiger partial charge in [0.25, 0.3) is 0 Å². The maximum atomic E-state index is 5.60. The first-order valence-electron chi connectivity index (χ1n) is 7.28. The van der Waals surface area contributed by atoms with Crippen molar-refractivity contribution in [2.75, 3.05) is 26.8 Å². The van der Waals surface area contributed by atoms with Gasteiger partial charge in [0, 0.05) is 18.7 Å². The van der Waals surface area contributed by atoms with Gasteiger partial charge in [-0.2, -0.15) is 0 Å². The van der Waals surface area contributed by atoms with Crippen LogP contribution < -0.4 is 10.6 Å².